The van der Waals surface area contributed by atoms with Gasteiger partial charge in [0.25, 0.3) is 5.91 Å². The van der Waals surface area contributed by atoms with Crippen molar-refractivity contribution in [1.29, 1.82) is 0 Å². The van der Waals surface area contributed by atoms with Crippen molar-refractivity contribution >= 4 is 21.9 Å². The zero-order valence-corrected chi connectivity index (χ0v) is 16.6. The van der Waals surface area contributed by atoms with Gasteiger partial charge in [-0.1, -0.05) is 12.1 Å². The smallest absolute Gasteiger partial charge is 0.338 e. The number of esters is 1. The number of benzene rings is 2. The molecule has 9 nitrogen and oxygen atoms in total. The summed E-state index contributed by atoms with van der Waals surface area (Å²) in [5, 5.41) is 0. The van der Waals surface area contributed by atoms with Crippen LogP contribution in [-0.4, -0.2) is 47.2 Å². The summed E-state index contributed by atoms with van der Waals surface area (Å²) in [6, 6.07) is 12.1. The summed E-state index contributed by atoms with van der Waals surface area (Å²) in [6.45, 7) is 0.118. The highest BCUT2D eigenvalue weighted by Crippen LogP contribution is 2.16. The van der Waals surface area contributed by atoms with Gasteiger partial charge in [0.2, 0.25) is 10.0 Å². The lowest BCUT2D eigenvalue weighted by molar-refractivity contribution is -0.119. The molecule has 0 saturated carbocycles. The van der Waals surface area contributed by atoms with E-state index in [0.29, 0.717) is 11.3 Å². The Morgan fingerprint density at radius 1 is 1.10 bits per heavy atom. The van der Waals surface area contributed by atoms with Gasteiger partial charge in [0.05, 0.1) is 17.1 Å². The first-order chi connectivity index (χ1) is 13.8. The monoisotopic (exact) mass is 422 g/mol. The van der Waals surface area contributed by atoms with Crippen molar-refractivity contribution in [1.82, 2.24) is 4.72 Å². The molecule has 0 atom stereocenters. The van der Waals surface area contributed by atoms with Gasteiger partial charge in [-0.25, -0.2) is 17.9 Å². The van der Waals surface area contributed by atoms with E-state index in [2.05, 4.69) is 4.72 Å². The molecule has 1 amide bonds. The molecule has 0 radical (unpaired) electrons. The number of ether oxygens (including phenoxy) is 3. The number of methoxy groups -OCH3 is 1. The molecule has 0 fully saturated rings. The molecule has 2 aromatic carbocycles. The van der Waals surface area contributed by atoms with E-state index < -0.39 is 21.9 Å². The molecule has 0 unspecified atom stereocenters. The number of primary amides is 1. The Morgan fingerprint density at radius 2 is 1.83 bits per heavy atom. The number of rotatable bonds is 11. The number of carbonyl (C=O) groups excluding carboxylic acids is 2. The molecule has 156 valence electrons. The molecule has 0 aliphatic heterocycles. The normalized spacial score (nSPS) is 11.1. The topological polar surface area (TPSA) is 134 Å². The molecule has 0 aromatic heterocycles. The first-order valence-corrected chi connectivity index (χ1v) is 10.1. The van der Waals surface area contributed by atoms with Crippen molar-refractivity contribution in [2.45, 2.75) is 11.5 Å². The van der Waals surface area contributed by atoms with Crippen LogP contribution in [0.1, 0.15) is 15.9 Å². The van der Waals surface area contributed by atoms with Gasteiger partial charge in [-0.05, 0) is 42.0 Å². The predicted molar refractivity (Wildman–Crippen MR) is 104 cm³/mol. The second-order valence-corrected chi connectivity index (χ2v) is 7.66. The van der Waals surface area contributed by atoms with Gasteiger partial charge in [-0.3, -0.25) is 4.79 Å². The van der Waals surface area contributed by atoms with Crippen molar-refractivity contribution in [2.75, 3.05) is 26.9 Å². The Labute approximate surface area is 168 Å². The van der Waals surface area contributed by atoms with Crippen molar-refractivity contribution in [3.05, 3.63) is 59.7 Å². The molecule has 0 aliphatic rings. The lowest BCUT2D eigenvalue weighted by Gasteiger charge is -2.09. The third-order valence-corrected chi connectivity index (χ3v) is 5.12. The number of hydrogen-bond acceptors (Lipinski definition) is 7. The van der Waals surface area contributed by atoms with Crippen LogP contribution in [0.3, 0.4) is 0 Å². The molecule has 0 aliphatic carbocycles. The minimum absolute atomic E-state index is 0.0226. The SMILES string of the molecule is COCCNS(=O)(=O)c1ccc(C(=O)OCc2cccc(OCC(N)=O)c2)cc1. The van der Waals surface area contributed by atoms with Crippen LogP contribution >= 0.6 is 0 Å². The summed E-state index contributed by atoms with van der Waals surface area (Å²) < 4.78 is 41.8. The largest absolute Gasteiger partial charge is 0.484 e. The van der Waals surface area contributed by atoms with E-state index in [-0.39, 0.29) is 36.8 Å². The van der Waals surface area contributed by atoms with E-state index >= 15 is 0 Å². The van der Waals surface area contributed by atoms with Crippen molar-refractivity contribution < 1.29 is 32.2 Å². The van der Waals surface area contributed by atoms with E-state index in [9.17, 15) is 18.0 Å². The molecule has 29 heavy (non-hydrogen) atoms. The fourth-order valence-corrected chi connectivity index (χ4v) is 3.26. The van der Waals surface area contributed by atoms with Crippen molar-refractivity contribution in [3.63, 3.8) is 0 Å². The standard InChI is InChI=1S/C19H22N2O7S/c1-26-10-9-21-29(24,25)17-7-5-15(6-8-17)19(23)28-12-14-3-2-4-16(11-14)27-13-18(20)22/h2-8,11,21H,9-10,12-13H2,1H3,(H2,20,22). The molecular weight excluding hydrogens is 400 g/mol. The molecule has 2 aromatic rings. The van der Waals surface area contributed by atoms with Crippen LogP contribution in [0.5, 0.6) is 5.75 Å². The van der Waals surface area contributed by atoms with E-state index in [4.69, 9.17) is 19.9 Å². The van der Waals surface area contributed by atoms with Crippen LogP contribution in [-0.2, 0) is 30.9 Å². The Morgan fingerprint density at radius 3 is 2.48 bits per heavy atom. The first-order valence-electron chi connectivity index (χ1n) is 8.57. The lowest BCUT2D eigenvalue weighted by Crippen LogP contribution is -2.27. The highest BCUT2D eigenvalue weighted by atomic mass is 32.2. The third kappa shape index (κ3) is 7.18. The van der Waals surface area contributed by atoms with Crippen LogP contribution in [0.4, 0.5) is 0 Å². The van der Waals surface area contributed by atoms with Crippen LogP contribution < -0.4 is 15.2 Å². The maximum absolute atomic E-state index is 12.2. The second-order valence-electron chi connectivity index (χ2n) is 5.89. The molecular formula is C19H22N2O7S. The zero-order valence-electron chi connectivity index (χ0n) is 15.8. The van der Waals surface area contributed by atoms with Gasteiger partial charge in [-0.2, -0.15) is 0 Å². The number of amides is 1. The van der Waals surface area contributed by atoms with E-state index in [0.717, 1.165) is 0 Å². The van der Waals surface area contributed by atoms with E-state index in [1.165, 1.54) is 31.4 Å². The molecule has 3 N–H and O–H groups in total. The Bertz CT molecular complexity index is 943. The number of nitrogens with one attached hydrogen (secondary N) is 1. The molecule has 2 rings (SSSR count). The van der Waals surface area contributed by atoms with E-state index in [1.807, 2.05) is 0 Å². The Balaban J connectivity index is 1.94. The van der Waals surface area contributed by atoms with Gasteiger partial charge in [-0.15, -0.1) is 0 Å². The summed E-state index contributed by atoms with van der Waals surface area (Å²) in [5.41, 5.74) is 5.89. The molecule has 0 spiro atoms. The maximum atomic E-state index is 12.2. The van der Waals surface area contributed by atoms with Gasteiger partial charge in [0.15, 0.2) is 6.61 Å². The van der Waals surface area contributed by atoms with E-state index in [1.54, 1.807) is 24.3 Å². The maximum Gasteiger partial charge on any atom is 0.338 e. The zero-order chi connectivity index (χ0) is 21.3. The fourth-order valence-electron chi connectivity index (χ4n) is 2.24. The van der Waals surface area contributed by atoms with Crippen molar-refractivity contribution in [2.24, 2.45) is 5.73 Å². The summed E-state index contributed by atoms with van der Waals surface area (Å²) >= 11 is 0. The van der Waals surface area contributed by atoms with Gasteiger partial charge in [0.1, 0.15) is 12.4 Å². The molecule has 0 saturated heterocycles. The van der Waals surface area contributed by atoms with Crippen LogP contribution in [0.25, 0.3) is 0 Å². The van der Waals surface area contributed by atoms with Gasteiger partial charge < -0.3 is 19.9 Å². The summed E-state index contributed by atoms with van der Waals surface area (Å²) in [5.74, 6) is -0.779. The fraction of sp³-hybridized carbons (Fsp3) is 0.263. The Kier molecular flexibility index (Phi) is 8.13. The minimum Gasteiger partial charge on any atom is -0.484 e. The van der Waals surface area contributed by atoms with Crippen LogP contribution in [0.15, 0.2) is 53.4 Å². The number of hydrogen-bond donors (Lipinski definition) is 2. The molecule has 0 heterocycles. The number of carbonyl (C=O) groups is 2. The highest BCUT2D eigenvalue weighted by Gasteiger charge is 2.15. The quantitative estimate of drug-likeness (QED) is 0.405. The third-order valence-electron chi connectivity index (χ3n) is 3.65. The summed E-state index contributed by atoms with van der Waals surface area (Å²) in [4.78, 5) is 23.0. The first kappa shape index (κ1) is 22.3. The molecule has 10 heteroatoms. The number of nitrogens with two attached hydrogens (primary N) is 1. The van der Waals surface area contributed by atoms with Crippen LogP contribution in [0, 0.1) is 0 Å². The van der Waals surface area contributed by atoms with Gasteiger partial charge in [0, 0.05) is 13.7 Å². The average molecular weight is 422 g/mol. The number of sulfonamides is 1. The minimum atomic E-state index is -3.68. The van der Waals surface area contributed by atoms with Gasteiger partial charge >= 0.3 is 5.97 Å². The highest BCUT2D eigenvalue weighted by molar-refractivity contribution is 7.89. The average Bonchev–Trinajstić information content (AvgIpc) is 2.71. The summed E-state index contributed by atoms with van der Waals surface area (Å²) in [7, 11) is -2.20. The lowest BCUT2D eigenvalue weighted by atomic mass is 10.2. The van der Waals surface area contributed by atoms with Crippen LogP contribution in [0.2, 0.25) is 0 Å². The second kappa shape index (κ2) is 10.6. The Hall–Kier alpha value is -2.95. The van der Waals surface area contributed by atoms with Crippen molar-refractivity contribution in [3.8, 4) is 5.75 Å². The molecule has 0 bridgehead atoms. The summed E-state index contributed by atoms with van der Waals surface area (Å²) in [6.07, 6.45) is 0. The predicted octanol–water partition coefficient (Wildman–Crippen LogP) is 0.832.